The van der Waals surface area contributed by atoms with Gasteiger partial charge in [0.05, 0.1) is 18.6 Å². The van der Waals surface area contributed by atoms with Crippen LogP contribution in [0.15, 0.2) is 24.3 Å². The lowest BCUT2D eigenvalue weighted by Gasteiger charge is -2.43. The van der Waals surface area contributed by atoms with Gasteiger partial charge in [0, 0.05) is 18.0 Å². The summed E-state index contributed by atoms with van der Waals surface area (Å²) in [5, 5.41) is 26.1. The first-order valence-electron chi connectivity index (χ1n) is 6.58. The average molecular weight is 262 g/mol. The summed E-state index contributed by atoms with van der Waals surface area (Å²) in [4.78, 5) is 11.2. The normalized spacial score (nSPS) is 36.2. The Hall–Kier alpha value is -1.59. The lowest BCUT2D eigenvalue weighted by atomic mass is 9.75. The van der Waals surface area contributed by atoms with Crippen molar-refractivity contribution in [3.8, 4) is 0 Å². The van der Waals surface area contributed by atoms with E-state index in [9.17, 15) is 15.0 Å². The second kappa shape index (κ2) is 4.21. The molecule has 19 heavy (non-hydrogen) atoms. The van der Waals surface area contributed by atoms with Crippen molar-refractivity contribution in [3.05, 3.63) is 29.8 Å². The van der Waals surface area contributed by atoms with Gasteiger partial charge in [-0.25, -0.2) is 0 Å². The number of carbonyl (C=O) groups excluding carboxylic acids is 1. The van der Waals surface area contributed by atoms with Crippen LogP contribution in [-0.2, 0) is 4.79 Å². The van der Waals surface area contributed by atoms with E-state index in [0.717, 1.165) is 11.3 Å². The summed E-state index contributed by atoms with van der Waals surface area (Å²) in [6.45, 7) is 1.83. The number of nitrogens with two attached hydrogens (primary N) is 1. The molecule has 1 aromatic carbocycles. The zero-order valence-corrected chi connectivity index (χ0v) is 10.8. The zero-order valence-electron chi connectivity index (χ0n) is 10.8. The van der Waals surface area contributed by atoms with Crippen LogP contribution in [0.4, 0.5) is 5.69 Å². The van der Waals surface area contributed by atoms with Gasteiger partial charge in [-0.3, -0.25) is 0 Å². The largest absolute Gasteiger partial charge is 0.544 e. The van der Waals surface area contributed by atoms with Crippen molar-refractivity contribution < 1.29 is 20.3 Å². The van der Waals surface area contributed by atoms with Crippen molar-refractivity contribution in [2.75, 3.05) is 11.9 Å². The summed E-state index contributed by atoms with van der Waals surface area (Å²) in [5.74, 6) is -0.941. The number of hydrogen-bond acceptors (Lipinski definition) is 4. The fraction of sp³-hybridized carbons (Fsp3) is 0.500. The lowest BCUT2D eigenvalue weighted by Crippen LogP contribution is -3.07. The summed E-state index contributed by atoms with van der Waals surface area (Å²) in [6.07, 6.45) is 0.534. The molecule has 2 aliphatic rings. The van der Waals surface area contributed by atoms with Crippen LogP contribution in [0, 0.1) is 0 Å². The number of nitrogens with one attached hydrogen (secondary N) is 1. The predicted molar refractivity (Wildman–Crippen MR) is 67.4 cm³/mol. The third kappa shape index (κ3) is 1.81. The third-order valence-corrected chi connectivity index (χ3v) is 4.52. The van der Waals surface area contributed by atoms with E-state index in [2.05, 4.69) is 5.32 Å². The minimum Gasteiger partial charge on any atom is -0.544 e. The highest BCUT2D eigenvalue weighted by molar-refractivity contribution is 5.70. The Morgan fingerprint density at radius 2 is 2.32 bits per heavy atom. The molecule has 5 heteroatoms. The molecule has 5 nitrogen and oxygen atoms in total. The maximum Gasteiger partial charge on any atom is 0.138 e. The Morgan fingerprint density at radius 1 is 1.58 bits per heavy atom. The van der Waals surface area contributed by atoms with Gasteiger partial charge in [-0.15, -0.1) is 0 Å². The number of piperidine rings is 1. The molecule has 2 heterocycles. The molecule has 1 saturated heterocycles. The summed E-state index contributed by atoms with van der Waals surface area (Å²) < 4.78 is 0. The fourth-order valence-corrected chi connectivity index (χ4v) is 3.51. The first kappa shape index (κ1) is 12.4. The van der Waals surface area contributed by atoms with Crippen LogP contribution in [-0.4, -0.2) is 35.3 Å². The molecule has 0 bridgehead atoms. The van der Waals surface area contributed by atoms with Crippen LogP contribution in [0.2, 0.25) is 0 Å². The van der Waals surface area contributed by atoms with Crippen molar-refractivity contribution in [1.29, 1.82) is 0 Å². The van der Waals surface area contributed by atoms with Gasteiger partial charge in [0.15, 0.2) is 0 Å². The van der Waals surface area contributed by atoms with Crippen LogP contribution in [0.5, 0.6) is 0 Å². The van der Waals surface area contributed by atoms with Gasteiger partial charge in [0.25, 0.3) is 0 Å². The van der Waals surface area contributed by atoms with Crippen LogP contribution >= 0.6 is 0 Å². The number of anilines is 1. The molecular formula is C14H18N2O3. The van der Waals surface area contributed by atoms with Crippen molar-refractivity contribution in [2.45, 2.75) is 36.9 Å². The monoisotopic (exact) mass is 262 g/mol. The summed E-state index contributed by atoms with van der Waals surface area (Å²) in [7, 11) is 0. The number of hydrogen-bond donors (Lipinski definition) is 3. The van der Waals surface area contributed by atoms with E-state index in [1.165, 1.54) is 0 Å². The van der Waals surface area contributed by atoms with Crippen molar-refractivity contribution in [2.24, 2.45) is 0 Å². The fourth-order valence-electron chi connectivity index (χ4n) is 3.51. The smallest absolute Gasteiger partial charge is 0.138 e. The molecule has 2 aliphatic heterocycles. The molecule has 4 atom stereocenters. The Morgan fingerprint density at radius 3 is 3.00 bits per heavy atom. The first-order chi connectivity index (χ1) is 9.05. The maximum absolute atomic E-state index is 11.2. The van der Waals surface area contributed by atoms with Crippen molar-refractivity contribution in [1.82, 2.24) is 0 Å². The number of aliphatic carboxylic acids is 1. The van der Waals surface area contributed by atoms with Gasteiger partial charge in [0.2, 0.25) is 0 Å². The van der Waals surface area contributed by atoms with Gasteiger partial charge < -0.3 is 25.6 Å². The minimum atomic E-state index is -1.05. The first-order valence-corrected chi connectivity index (χ1v) is 6.58. The van der Waals surface area contributed by atoms with Crippen LogP contribution in [0.3, 0.4) is 0 Å². The van der Waals surface area contributed by atoms with E-state index in [1.807, 2.05) is 31.2 Å². The van der Waals surface area contributed by atoms with E-state index in [0.29, 0.717) is 6.42 Å². The Kier molecular flexibility index (Phi) is 2.76. The molecule has 102 valence electrons. The number of fused-ring (bicyclic) bond motifs is 3. The molecule has 0 spiro atoms. The van der Waals surface area contributed by atoms with Gasteiger partial charge in [-0.05, 0) is 18.6 Å². The number of carboxylic acid groups (broad SMARTS) is 1. The SMILES string of the molecule is C[C@@]1(CO)[NH2+][C@H](C(=O)[O-])C[C@@H]2c3ccccc3N[C@H]21. The molecule has 1 aromatic rings. The standard InChI is InChI=1S/C14H18N2O3/c1-14(7-17)12-9(6-11(16-14)13(18)19)8-4-2-3-5-10(8)15-12/h2-5,9,11-12,15-17H,6-7H2,1H3,(H,18,19)/t9-,11+,12-,14+/m1/s1. The zero-order chi connectivity index (χ0) is 13.6. The molecule has 0 radical (unpaired) electrons. The summed E-state index contributed by atoms with van der Waals surface area (Å²) >= 11 is 0. The summed E-state index contributed by atoms with van der Waals surface area (Å²) in [5.41, 5.74) is 1.64. The van der Waals surface area contributed by atoms with Crippen LogP contribution < -0.4 is 15.7 Å². The van der Waals surface area contributed by atoms with Crippen LogP contribution in [0.1, 0.15) is 24.8 Å². The predicted octanol–water partition coefficient (Wildman–Crippen LogP) is -1.60. The quantitative estimate of drug-likeness (QED) is 0.599. The Balaban J connectivity index is 2.01. The topological polar surface area (TPSA) is 89.0 Å². The van der Waals surface area contributed by atoms with Crippen molar-refractivity contribution in [3.63, 3.8) is 0 Å². The number of carboxylic acids is 1. The molecule has 0 unspecified atom stereocenters. The second-order valence-corrected chi connectivity index (χ2v) is 5.81. The third-order valence-electron chi connectivity index (χ3n) is 4.52. The van der Waals surface area contributed by atoms with E-state index < -0.39 is 17.6 Å². The van der Waals surface area contributed by atoms with E-state index >= 15 is 0 Å². The molecular weight excluding hydrogens is 244 g/mol. The van der Waals surface area contributed by atoms with Gasteiger partial charge in [0.1, 0.15) is 11.6 Å². The Labute approximate surface area is 111 Å². The molecule has 0 amide bonds. The Bertz CT molecular complexity index is 519. The number of benzene rings is 1. The number of para-hydroxylation sites is 1. The average Bonchev–Trinajstić information content (AvgIpc) is 2.78. The van der Waals surface area contributed by atoms with E-state index in [4.69, 9.17) is 0 Å². The van der Waals surface area contributed by atoms with E-state index in [-0.39, 0.29) is 18.6 Å². The number of rotatable bonds is 2. The highest BCUT2D eigenvalue weighted by Gasteiger charge is 2.52. The highest BCUT2D eigenvalue weighted by Crippen LogP contribution is 2.42. The number of aliphatic hydroxyl groups is 1. The molecule has 0 aliphatic carbocycles. The number of carbonyl (C=O) groups is 1. The molecule has 4 N–H and O–H groups in total. The number of quaternary nitrogens is 1. The molecule has 0 aromatic heterocycles. The van der Waals surface area contributed by atoms with Crippen LogP contribution in [0.25, 0.3) is 0 Å². The molecule has 3 rings (SSSR count). The van der Waals surface area contributed by atoms with Gasteiger partial charge >= 0.3 is 0 Å². The maximum atomic E-state index is 11.2. The van der Waals surface area contributed by atoms with Gasteiger partial charge in [-0.2, -0.15) is 0 Å². The second-order valence-electron chi connectivity index (χ2n) is 5.81. The number of aliphatic hydroxyl groups excluding tert-OH is 1. The van der Waals surface area contributed by atoms with E-state index in [1.54, 1.807) is 5.32 Å². The molecule has 0 saturated carbocycles. The van der Waals surface area contributed by atoms with Gasteiger partial charge in [-0.1, -0.05) is 18.2 Å². The molecule has 1 fully saturated rings. The highest BCUT2D eigenvalue weighted by atomic mass is 16.4. The van der Waals surface area contributed by atoms with Crippen molar-refractivity contribution >= 4 is 11.7 Å². The minimum absolute atomic E-state index is 0.0468. The lowest BCUT2D eigenvalue weighted by molar-refractivity contribution is -0.759. The summed E-state index contributed by atoms with van der Waals surface area (Å²) in [6, 6.07) is 7.39.